The van der Waals surface area contributed by atoms with E-state index in [1.54, 1.807) is 41.2 Å². The van der Waals surface area contributed by atoms with Gasteiger partial charge in [0.15, 0.2) is 0 Å². The number of pyridine rings is 1. The van der Waals surface area contributed by atoms with Gasteiger partial charge in [-0.15, -0.1) is 68.0 Å². The van der Waals surface area contributed by atoms with Crippen LogP contribution >= 0.6 is 68.0 Å². The smallest absolute Gasteiger partial charge is 0.413 e. The third-order valence-corrected chi connectivity index (χ3v) is 17.7. The maximum atomic E-state index is 14.3. The van der Waals surface area contributed by atoms with Gasteiger partial charge in [0, 0.05) is 65.5 Å². The number of anilines is 1. The lowest BCUT2D eigenvalue weighted by molar-refractivity contribution is -0.137. The third kappa shape index (κ3) is 15.0. The Morgan fingerprint density at radius 3 is 2.17 bits per heavy atom. The van der Waals surface area contributed by atoms with Crippen molar-refractivity contribution < 1.29 is 48.5 Å². The summed E-state index contributed by atoms with van der Waals surface area (Å²) in [7, 11) is 2.92. The zero-order chi connectivity index (χ0) is 57.9. The molecule has 7 aromatic heterocycles. The van der Waals surface area contributed by atoms with E-state index in [0.717, 1.165) is 45.4 Å². The molecule has 6 amide bonds. The normalized spacial score (nSPS) is 12.0. The number of hydrogen-bond acceptors (Lipinski definition) is 21. The lowest BCUT2D eigenvalue weighted by Crippen LogP contribution is -2.34. The summed E-state index contributed by atoms with van der Waals surface area (Å²) in [6.45, 7) is 5.00. The number of aryl methyl sites for hydroxylation is 3. The van der Waals surface area contributed by atoms with E-state index in [0.29, 0.717) is 58.1 Å². The zero-order valence-corrected chi connectivity index (χ0v) is 48.9. The quantitative estimate of drug-likeness (QED) is 0.0270. The first kappa shape index (κ1) is 59.3. The van der Waals surface area contributed by atoms with Crippen molar-refractivity contribution in [2.45, 2.75) is 71.6 Å². The number of thiazole rings is 6. The van der Waals surface area contributed by atoms with E-state index < -0.39 is 60.2 Å². The van der Waals surface area contributed by atoms with Gasteiger partial charge >= 0.3 is 12.1 Å². The molecule has 2 atom stereocenters. The number of carbonyl (C=O) groups excluding carboxylic acids is 5. The van der Waals surface area contributed by atoms with E-state index in [-0.39, 0.29) is 66.2 Å². The Hall–Kier alpha value is -7.80. The number of carboxylic acid groups (broad SMARTS) is 2. The highest BCUT2D eigenvalue weighted by atomic mass is 32.1. The number of benzene rings is 1. The summed E-state index contributed by atoms with van der Waals surface area (Å²) in [5.74, 6) is -4.11. The molecule has 23 nitrogen and oxygen atoms in total. The van der Waals surface area contributed by atoms with Crippen LogP contribution in [0.25, 0.3) is 43.4 Å². The van der Waals surface area contributed by atoms with Crippen LogP contribution in [0.3, 0.4) is 0 Å². The number of nitrogens with zero attached hydrogens (tertiary/aromatic N) is 8. The van der Waals surface area contributed by atoms with Crippen molar-refractivity contribution in [3.8, 4) is 43.4 Å². The van der Waals surface area contributed by atoms with Gasteiger partial charge in [-0.2, -0.15) is 0 Å². The van der Waals surface area contributed by atoms with E-state index in [9.17, 15) is 38.7 Å². The van der Waals surface area contributed by atoms with Gasteiger partial charge in [-0.3, -0.25) is 33.7 Å². The highest BCUT2D eigenvalue weighted by Crippen LogP contribution is 2.39. The number of primary amides is 1. The monoisotopic (exact) mass is 1210 g/mol. The SMILES string of the molecule is CNC(=O)C[C@H](NC(=O)c1csc(-c2ccc(-c3nc(N(CCCC(=O)O)C(=O)O)cs3)nc2-c2csc(-c3csc(CCc4ccccc4)n3)n2)n1)c1nc(C(=O)NC(c2nc(C(=O)NCC(N)=O)c(COC)s2)C(C)C)c(C)s1. The fourth-order valence-corrected chi connectivity index (χ4v) is 13.4. The molecule has 0 aliphatic heterocycles. The van der Waals surface area contributed by atoms with Crippen LogP contribution in [0.1, 0.15) is 107 Å². The molecule has 0 bridgehead atoms. The van der Waals surface area contributed by atoms with Gasteiger partial charge in [-0.25, -0.2) is 39.7 Å². The minimum Gasteiger partial charge on any atom is -0.481 e. The van der Waals surface area contributed by atoms with Crippen LogP contribution in [0, 0.1) is 12.8 Å². The van der Waals surface area contributed by atoms with Gasteiger partial charge < -0.3 is 42.0 Å². The average molecular weight is 1210 g/mol. The number of aromatic nitrogens is 7. The summed E-state index contributed by atoms with van der Waals surface area (Å²) in [6, 6.07) is 11.9. The lowest BCUT2D eigenvalue weighted by atomic mass is 10.0. The molecule has 8 aromatic rings. The van der Waals surface area contributed by atoms with Gasteiger partial charge in [-0.1, -0.05) is 44.2 Å². The number of ether oxygens (including phenoxy) is 1. The lowest BCUT2D eigenvalue weighted by Gasteiger charge is -2.20. The molecular weight excluding hydrogens is 1160 g/mol. The standard InChI is InChI=1S/C52H53N13O10S6/c1-25(2)40(51-64-43(34(81-51)20-75-5)45(71)55-19-35(53)66)62-46(72)41-26(3)80-50(63-41)30(18-37(67)54-4)58-44(70)32-22-77-47(60-32)28-14-15-29(48-61-36(24-79-48)65(52(73)74)17-9-12-39(68)69)57-42(28)31-21-78-49(59-31)33-23-76-38(56-33)16-13-27-10-7-6-8-11-27/h6-8,10-11,14-15,21-25,30,40H,9,12-13,16-20H2,1-5H3,(H2,53,66)(H,54,67)(H,55,71)(H,58,70)(H,62,72)(H,68,69)(H,73,74)/t30-,40?/m0/s1. The fraction of sp³-hybridized carbons (Fsp3) is 0.308. The van der Waals surface area contributed by atoms with Crippen LogP contribution < -0.4 is 31.9 Å². The molecule has 0 saturated heterocycles. The van der Waals surface area contributed by atoms with Crippen LogP contribution in [0.15, 0.2) is 64.0 Å². The first-order valence-electron chi connectivity index (χ1n) is 24.8. The Kier molecular flexibility index (Phi) is 19.9. The highest BCUT2D eigenvalue weighted by Gasteiger charge is 2.31. The molecule has 0 radical (unpaired) electrons. The second kappa shape index (κ2) is 27.1. The molecule has 0 saturated carbocycles. The number of nitrogens with two attached hydrogens (primary N) is 1. The summed E-state index contributed by atoms with van der Waals surface area (Å²) < 4.78 is 5.30. The van der Waals surface area contributed by atoms with E-state index in [4.69, 9.17) is 35.5 Å². The van der Waals surface area contributed by atoms with E-state index >= 15 is 0 Å². The van der Waals surface area contributed by atoms with E-state index in [1.165, 1.54) is 53.7 Å². The number of rotatable bonds is 26. The Morgan fingerprint density at radius 2 is 1.46 bits per heavy atom. The van der Waals surface area contributed by atoms with E-state index in [2.05, 4.69) is 48.4 Å². The second-order valence-electron chi connectivity index (χ2n) is 18.2. The summed E-state index contributed by atoms with van der Waals surface area (Å²) >= 11 is 7.55. The summed E-state index contributed by atoms with van der Waals surface area (Å²) in [5, 5.41) is 40.1. The minimum atomic E-state index is -1.29. The number of carboxylic acids is 1. The number of nitrogens with one attached hydrogen (secondary N) is 4. The fourth-order valence-electron chi connectivity index (χ4n) is 7.95. The van der Waals surface area contributed by atoms with Crippen LogP contribution in [-0.4, -0.2) is 114 Å². The van der Waals surface area contributed by atoms with Crippen molar-refractivity contribution in [3.63, 3.8) is 0 Å². The number of methoxy groups -OCH3 is 1. The Labute approximate surface area is 487 Å². The Bertz CT molecular complexity index is 3590. The third-order valence-electron chi connectivity index (χ3n) is 12.0. The maximum Gasteiger partial charge on any atom is 0.413 e. The second-order valence-corrected chi connectivity index (χ2v) is 24.1. The molecule has 1 unspecified atom stereocenters. The van der Waals surface area contributed by atoms with Crippen LogP contribution in [0.4, 0.5) is 10.6 Å². The Balaban J connectivity index is 1.06. The molecule has 1 aromatic carbocycles. The number of hydrogen-bond donors (Lipinski definition) is 7. The van der Waals surface area contributed by atoms with Gasteiger partial charge in [-0.05, 0) is 43.4 Å². The maximum absolute atomic E-state index is 14.3. The molecular formula is C52H53N13O10S6. The highest BCUT2D eigenvalue weighted by molar-refractivity contribution is 7.15. The first-order valence-corrected chi connectivity index (χ1v) is 30.0. The molecule has 29 heteroatoms. The number of carbonyl (C=O) groups is 7. The summed E-state index contributed by atoms with van der Waals surface area (Å²) in [6.07, 6.45) is -0.0717. The topological polar surface area (TPSA) is 337 Å². The molecule has 0 aliphatic carbocycles. The molecule has 7 heterocycles. The molecule has 0 aliphatic rings. The summed E-state index contributed by atoms with van der Waals surface area (Å²) in [4.78, 5) is 125. The number of aliphatic carboxylic acids is 1. The van der Waals surface area contributed by atoms with Crippen LogP contribution in [0.2, 0.25) is 0 Å². The minimum absolute atomic E-state index is 0.0163. The molecule has 8 rings (SSSR count). The largest absolute Gasteiger partial charge is 0.481 e. The van der Waals surface area contributed by atoms with Crippen molar-refractivity contribution in [1.29, 1.82) is 0 Å². The van der Waals surface area contributed by atoms with Crippen molar-refractivity contribution in [3.05, 3.63) is 111 Å². The summed E-state index contributed by atoms with van der Waals surface area (Å²) in [5.41, 5.74) is 9.02. The molecule has 0 fully saturated rings. The number of amides is 6. The van der Waals surface area contributed by atoms with Crippen molar-refractivity contribution >= 4 is 115 Å². The molecule has 422 valence electrons. The van der Waals surface area contributed by atoms with Gasteiger partial charge in [0.05, 0.1) is 47.2 Å². The van der Waals surface area contributed by atoms with Gasteiger partial charge in [0.25, 0.3) is 17.7 Å². The van der Waals surface area contributed by atoms with E-state index in [1.807, 2.05) is 42.8 Å². The van der Waals surface area contributed by atoms with Gasteiger partial charge in [0.2, 0.25) is 11.8 Å². The average Bonchev–Trinajstić information content (AvgIpc) is 4.45. The predicted octanol–water partition coefficient (Wildman–Crippen LogP) is 8.03. The van der Waals surface area contributed by atoms with Crippen molar-refractivity contribution in [2.75, 3.05) is 32.1 Å². The van der Waals surface area contributed by atoms with Crippen molar-refractivity contribution in [1.82, 2.24) is 56.2 Å². The van der Waals surface area contributed by atoms with Crippen LogP contribution in [0.5, 0.6) is 0 Å². The van der Waals surface area contributed by atoms with Crippen LogP contribution in [-0.2, 0) is 38.6 Å². The molecule has 8 N–H and O–H groups in total. The van der Waals surface area contributed by atoms with Crippen molar-refractivity contribution in [2.24, 2.45) is 11.7 Å². The van der Waals surface area contributed by atoms with Gasteiger partial charge in [0.1, 0.15) is 65.0 Å². The predicted molar refractivity (Wildman–Crippen MR) is 310 cm³/mol. The molecule has 81 heavy (non-hydrogen) atoms. The Morgan fingerprint density at radius 1 is 0.728 bits per heavy atom. The first-order chi connectivity index (χ1) is 38.9. The molecule has 0 spiro atoms. The zero-order valence-electron chi connectivity index (χ0n) is 44.0.